The third-order valence-corrected chi connectivity index (χ3v) is 3.54. The second kappa shape index (κ2) is 6.63. The number of hydrogen-bond acceptors (Lipinski definition) is 3. The fourth-order valence-corrected chi connectivity index (χ4v) is 2.28. The Kier molecular flexibility index (Phi) is 4.97. The largest absolute Gasteiger partial charge is 0.379 e. The van der Waals surface area contributed by atoms with Gasteiger partial charge in [-0.25, -0.2) is 4.98 Å². The Morgan fingerprint density at radius 1 is 0.917 bits per heavy atom. The summed E-state index contributed by atoms with van der Waals surface area (Å²) in [4.78, 5) is 16.6. The van der Waals surface area contributed by atoms with Crippen molar-refractivity contribution < 1.29 is 4.79 Å². The van der Waals surface area contributed by atoms with Crippen molar-refractivity contribution in [2.75, 3.05) is 10.6 Å². The Hall–Kier alpha value is -2.36. The van der Waals surface area contributed by atoms with Crippen LogP contribution in [0.25, 0.3) is 0 Å². The van der Waals surface area contributed by atoms with Gasteiger partial charge in [-0.05, 0) is 56.0 Å². The van der Waals surface area contributed by atoms with Gasteiger partial charge >= 0.3 is 0 Å². The van der Waals surface area contributed by atoms with Crippen molar-refractivity contribution in [2.24, 2.45) is 0 Å². The first-order chi connectivity index (χ1) is 11.0. The number of benzene rings is 1. The predicted octanol–water partition coefficient (Wildman–Crippen LogP) is 4.84. The molecule has 0 aliphatic rings. The molecule has 0 aliphatic carbocycles. The zero-order valence-corrected chi connectivity index (χ0v) is 15.4. The van der Waals surface area contributed by atoms with E-state index in [0.29, 0.717) is 11.4 Å². The molecule has 0 bridgehead atoms. The molecule has 2 rings (SSSR count). The van der Waals surface area contributed by atoms with E-state index < -0.39 is 0 Å². The van der Waals surface area contributed by atoms with E-state index in [4.69, 9.17) is 0 Å². The summed E-state index contributed by atoms with van der Waals surface area (Å²) in [7, 11) is 0. The first-order valence-electron chi connectivity index (χ1n) is 8.21. The zero-order chi connectivity index (χ0) is 18.0. The SMILES string of the molecule is CC(C)(C)Nc1ccc(NC(=O)c2ccc(C(C)(C)C)cc2)nc1. The molecule has 1 amide bonds. The normalized spacial score (nSPS) is 11.9. The maximum Gasteiger partial charge on any atom is 0.256 e. The van der Waals surface area contributed by atoms with Gasteiger partial charge in [0.25, 0.3) is 5.91 Å². The first-order valence-corrected chi connectivity index (χ1v) is 8.21. The van der Waals surface area contributed by atoms with E-state index in [1.165, 1.54) is 5.56 Å². The predicted molar refractivity (Wildman–Crippen MR) is 101 cm³/mol. The monoisotopic (exact) mass is 325 g/mol. The highest BCUT2D eigenvalue weighted by molar-refractivity contribution is 6.03. The van der Waals surface area contributed by atoms with Crippen LogP contribution >= 0.6 is 0 Å². The lowest BCUT2D eigenvalue weighted by molar-refractivity contribution is 0.102. The zero-order valence-electron chi connectivity index (χ0n) is 15.4. The van der Waals surface area contributed by atoms with Gasteiger partial charge in [0.1, 0.15) is 5.82 Å². The van der Waals surface area contributed by atoms with E-state index in [9.17, 15) is 4.79 Å². The molecular formula is C20H27N3O. The Labute approximate surface area is 144 Å². The second-order valence-electron chi connectivity index (χ2n) is 8.09. The third kappa shape index (κ3) is 5.08. The molecule has 1 aromatic carbocycles. The molecule has 0 atom stereocenters. The number of nitrogens with zero attached hydrogens (tertiary/aromatic N) is 1. The van der Waals surface area contributed by atoms with Crippen molar-refractivity contribution in [3.63, 3.8) is 0 Å². The van der Waals surface area contributed by atoms with Crippen molar-refractivity contribution in [1.29, 1.82) is 0 Å². The molecule has 24 heavy (non-hydrogen) atoms. The number of nitrogens with one attached hydrogen (secondary N) is 2. The van der Waals surface area contributed by atoms with Crippen LogP contribution in [0.1, 0.15) is 57.5 Å². The molecule has 128 valence electrons. The minimum atomic E-state index is -0.153. The number of amides is 1. The van der Waals surface area contributed by atoms with Crippen molar-refractivity contribution >= 4 is 17.4 Å². The van der Waals surface area contributed by atoms with E-state index in [2.05, 4.69) is 57.2 Å². The average Bonchev–Trinajstić information content (AvgIpc) is 2.47. The minimum Gasteiger partial charge on any atom is -0.379 e. The molecule has 4 nitrogen and oxygen atoms in total. The first kappa shape index (κ1) is 18.0. The molecule has 0 spiro atoms. The summed E-state index contributed by atoms with van der Waals surface area (Å²) in [5, 5.41) is 6.17. The van der Waals surface area contributed by atoms with Crippen LogP contribution in [0.5, 0.6) is 0 Å². The van der Waals surface area contributed by atoms with Gasteiger partial charge in [-0.3, -0.25) is 4.79 Å². The summed E-state index contributed by atoms with van der Waals surface area (Å²) >= 11 is 0. The molecule has 0 unspecified atom stereocenters. The summed E-state index contributed by atoms with van der Waals surface area (Å²) in [6.45, 7) is 12.7. The van der Waals surface area contributed by atoms with E-state index in [-0.39, 0.29) is 16.9 Å². The van der Waals surface area contributed by atoms with Crippen LogP contribution in [0.4, 0.5) is 11.5 Å². The highest BCUT2D eigenvalue weighted by Gasteiger charge is 2.14. The Balaban J connectivity index is 2.04. The molecule has 2 N–H and O–H groups in total. The number of carbonyl (C=O) groups excluding carboxylic acids is 1. The van der Waals surface area contributed by atoms with E-state index >= 15 is 0 Å². The van der Waals surface area contributed by atoms with Crippen LogP contribution in [-0.4, -0.2) is 16.4 Å². The highest BCUT2D eigenvalue weighted by atomic mass is 16.1. The van der Waals surface area contributed by atoms with Crippen molar-refractivity contribution in [3.05, 3.63) is 53.7 Å². The quantitative estimate of drug-likeness (QED) is 0.849. The summed E-state index contributed by atoms with van der Waals surface area (Å²) in [5.74, 6) is 0.388. The number of aromatic nitrogens is 1. The maximum atomic E-state index is 12.3. The summed E-state index contributed by atoms with van der Waals surface area (Å²) in [5.41, 5.74) is 2.81. The smallest absolute Gasteiger partial charge is 0.256 e. The van der Waals surface area contributed by atoms with Crippen LogP contribution in [0.15, 0.2) is 42.6 Å². The third-order valence-electron chi connectivity index (χ3n) is 3.54. The van der Waals surface area contributed by atoms with Crippen molar-refractivity contribution in [2.45, 2.75) is 52.5 Å². The number of pyridine rings is 1. The van der Waals surface area contributed by atoms with Gasteiger partial charge in [-0.1, -0.05) is 32.9 Å². The molecule has 0 saturated heterocycles. The highest BCUT2D eigenvalue weighted by Crippen LogP contribution is 2.22. The van der Waals surface area contributed by atoms with Gasteiger partial charge in [0.2, 0.25) is 0 Å². The lowest BCUT2D eigenvalue weighted by Crippen LogP contribution is -2.26. The number of anilines is 2. The van der Waals surface area contributed by atoms with E-state index in [0.717, 1.165) is 5.69 Å². The summed E-state index contributed by atoms with van der Waals surface area (Å²) in [6.07, 6.45) is 1.73. The molecule has 1 heterocycles. The Morgan fingerprint density at radius 2 is 1.54 bits per heavy atom. The van der Waals surface area contributed by atoms with Gasteiger partial charge in [0.05, 0.1) is 11.9 Å². The molecule has 0 saturated carbocycles. The molecular weight excluding hydrogens is 298 g/mol. The van der Waals surface area contributed by atoms with Crippen LogP contribution in [0.3, 0.4) is 0 Å². The molecule has 0 radical (unpaired) electrons. The maximum absolute atomic E-state index is 12.3. The van der Waals surface area contributed by atoms with E-state index in [1.54, 1.807) is 12.3 Å². The standard InChI is InChI=1S/C20H27N3O/c1-19(2,3)15-9-7-14(8-10-15)18(24)22-17-12-11-16(13-21-17)23-20(4,5)6/h7-13,23H,1-6H3,(H,21,22,24). The molecule has 1 aromatic heterocycles. The van der Waals surface area contributed by atoms with Gasteiger partial charge in [0.15, 0.2) is 0 Å². The number of hydrogen-bond donors (Lipinski definition) is 2. The molecule has 0 aliphatic heterocycles. The van der Waals surface area contributed by atoms with Crippen molar-refractivity contribution in [1.82, 2.24) is 4.98 Å². The lowest BCUT2D eigenvalue weighted by Gasteiger charge is -2.21. The number of carbonyl (C=O) groups is 1. The van der Waals surface area contributed by atoms with Gasteiger partial charge in [-0.2, -0.15) is 0 Å². The fourth-order valence-electron chi connectivity index (χ4n) is 2.28. The summed E-state index contributed by atoms with van der Waals surface area (Å²) < 4.78 is 0. The van der Waals surface area contributed by atoms with Gasteiger partial charge in [0, 0.05) is 11.1 Å². The van der Waals surface area contributed by atoms with Crippen LogP contribution in [0, 0.1) is 0 Å². The van der Waals surface area contributed by atoms with Gasteiger partial charge < -0.3 is 10.6 Å². The van der Waals surface area contributed by atoms with Crippen LogP contribution in [-0.2, 0) is 5.41 Å². The van der Waals surface area contributed by atoms with Crippen LogP contribution < -0.4 is 10.6 Å². The fraction of sp³-hybridized carbons (Fsp3) is 0.400. The van der Waals surface area contributed by atoms with Gasteiger partial charge in [-0.15, -0.1) is 0 Å². The topological polar surface area (TPSA) is 54.0 Å². The second-order valence-corrected chi connectivity index (χ2v) is 8.09. The van der Waals surface area contributed by atoms with E-state index in [1.807, 2.05) is 30.3 Å². The number of rotatable bonds is 3. The lowest BCUT2D eigenvalue weighted by atomic mass is 9.87. The average molecular weight is 325 g/mol. The van der Waals surface area contributed by atoms with Crippen LogP contribution in [0.2, 0.25) is 0 Å². The minimum absolute atomic E-state index is 0.0265. The molecule has 2 aromatic rings. The Bertz CT molecular complexity index is 690. The molecule has 4 heteroatoms. The molecule has 0 fully saturated rings. The Morgan fingerprint density at radius 3 is 2.00 bits per heavy atom. The van der Waals surface area contributed by atoms with Crippen molar-refractivity contribution in [3.8, 4) is 0 Å². The summed E-state index contributed by atoms with van der Waals surface area (Å²) in [6, 6.07) is 11.4.